The van der Waals surface area contributed by atoms with Crippen molar-refractivity contribution in [3.63, 3.8) is 0 Å². The Bertz CT molecular complexity index is 818. The number of hydrogen-bond acceptors (Lipinski definition) is 5. The van der Waals surface area contributed by atoms with Gasteiger partial charge in [0.1, 0.15) is 10.6 Å². The Balaban J connectivity index is 1.65. The Labute approximate surface area is 164 Å². The Kier molecular flexibility index (Phi) is 6.18. The van der Waals surface area contributed by atoms with Gasteiger partial charge in [0.25, 0.3) is 5.91 Å². The van der Waals surface area contributed by atoms with E-state index in [9.17, 15) is 13.2 Å². The summed E-state index contributed by atoms with van der Waals surface area (Å²) >= 11 is 5.18. The van der Waals surface area contributed by atoms with E-state index in [0.29, 0.717) is 11.2 Å². The quantitative estimate of drug-likeness (QED) is 0.410. The van der Waals surface area contributed by atoms with Gasteiger partial charge < -0.3 is 10.1 Å². The van der Waals surface area contributed by atoms with Crippen molar-refractivity contribution in [3.8, 4) is 5.75 Å². The number of nitrogens with one attached hydrogen (secondary N) is 4. The average molecular weight is 413 g/mol. The van der Waals surface area contributed by atoms with Gasteiger partial charge >= 0.3 is 0 Å². The maximum absolute atomic E-state index is 12.5. The van der Waals surface area contributed by atoms with Gasteiger partial charge in [-0.2, -0.15) is 0 Å². The minimum Gasteiger partial charge on any atom is -0.495 e. The summed E-state index contributed by atoms with van der Waals surface area (Å²) in [6, 6.07) is 4.55. The van der Waals surface area contributed by atoms with Crippen molar-refractivity contribution >= 4 is 33.3 Å². The van der Waals surface area contributed by atoms with Crippen LogP contribution in [0.1, 0.15) is 48.9 Å². The van der Waals surface area contributed by atoms with Crippen LogP contribution in [0.5, 0.6) is 5.75 Å². The molecule has 1 aromatic rings. The summed E-state index contributed by atoms with van der Waals surface area (Å²) in [7, 11) is -2.37. The lowest BCUT2D eigenvalue weighted by molar-refractivity contribution is 0.0943. The van der Waals surface area contributed by atoms with E-state index >= 15 is 0 Å². The van der Waals surface area contributed by atoms with Crippen molar-refractivity contribution < 1.29 is 17.9 Å². The zero-order chi connectivity index (χ0) is 19.4. The highest BCUT2D eigenvalue weighted by molar-refractivity contribution is 7.89. The molecule has 4 N–H and O–H groups in total. The number of benzene rings is 1. The second-order valence-electron chi connectivity index (χ2n) is 6.80. The molecule has 2 fully saturated rings. The summed E-state index contributed by atoms with van der Waals surface area (Å²) in [6.07, 6.45) is 6.09. The first-order chi connectivity index (χ1) is 12.9. The van der Waals surface area contributed by atoms with Crippen LogP contribution in [0.15, 0.2) is 23.1 Å². The highest BCUT2D eigenvalue weighted by atomic mass is 32.2. The molecule has 3 rings (SSSR count). The van der Waals surface area contributed by atoms with E-state index in [2.05, 4.69) is 20.9 Å². The molecule has 2 aliphatic carbocycles. The van der Waals surface area contributed by atoms with Gasteiger partial charge in [-0.3, -0.25) is 15.6 Å². The summed E-state index contributed by atoms with van der Waals surface area (Å²) in [5.41, 5.74) is 5.34. The third-order valence-corrected chi connectivity index (χ3v) is 6.36. The van der Waals surface area contributed by atoms with E-state index in [-0.39, 0.29) is 22.3 Å². The van der Waals surface area contributed by atoms with Crippen LogP contribution < -0.4 is 25.6 Å². The lowest BCUT2D eigenvalue weighted by Crippen LogP contribution is -2.49. The first-order valence-electron chi connectivity index (χ1n) is 8.96. The monoisotopic (exact) mass is 412 g/mol. The molecule has 0 saturated heterocycles. The molecule has 0 aromatic heterocycles. The fourth-order valence-corrected chi connectivity index (χ4v) is 4.71. The lowest BCUT2D eigenvalue weighted by Gasteiger charge is -2.16. The molecule has 0 aliphatic heterocycles. The highest BCUT2D eigenvalue weighted by Crippen LogP contribution is 2.28. The Hall–Kier alpha value is -1.91. The molecule has 1 aromatic carbocycles. The fraction of sp³-hybridized carbons (Fsp3) is 0.529. The Morgan fingerprint density at radius 3 is 2.44 bits per heavy atom. The van der Waals surface area contributed by atoms with E-state index < -0.39 is 15.9 Å². The first-order valence-corrected chi connectivity index (χ1v) is 10.9. The maximum Gasteiger partial charge on any atom is 0.269 e. The van der Waals surface area contributed by atoms with Gasteiger partial charge in [0.15, 0.2) is 5.11 Å². The predicted octanol–water partition coefficient (Wildman–Crippen LogP) is 1.19. The Morgan fingerprint density at radius 2 is 1.81 bits per heavy atom. The van der Waals surface area contributed by atoms with Crippen LogP contribution in [0.25, 0.3) is 0 Å². The number of amides is 1. The lowest BCUT2D eigenvalue weighted by atomic mass is 10.2. The minimum atomic E-state index is -3.76. The SMILES string of the molecule is COc1ccc(C(=O)NNC(=S)NC2CCCC2)cc1S(=O)(=O)NC1CC1. The summed E-state index contributed by atoms with van der Waals surface area (Å²) in [6.45, 7) is 0. The van der Waals surface area contributed by atoms with Crippen molar-refractivity contribution in [3.05, 3.63) is 23.8 Å². The van der Waals surface area contributed by atoms with Gasteiger partial charge in [0, 0.05) is 17.6 Å². The molecule has 0 unspecified atom stereocenters. The molecule has 2 aliphatic rings. The van der Waals surface area contributed by atoms with Crippen LogP contribution in [0.3, 0.4) is 0 Å². The molecule has 1 amide bonds. The number of rotatable bonds is 6. The van der Waals surface area contributed by atoms with Gasteiger partial charge in [0.2, 0.25) is 10.0 Å². The number of ether oxygens (including phenoxy) is 1. The fourth-order valence-electron chi connectivity index (χ4n) is 2.99. The van der Waals surface area contributed by atoms with Gasteiger partial charge in [0.05, 0.1) is 7.11 Å². The summed E-state index contributed by atoms with van der Waals surface area (Å²) in [4.78, 5) is 12.3. The van der Waals surface area contributed by atoms with Crippen LogP contribution in [0, 0.1) is 0 Å². The van der Waals surface area contributed by atoms with Crippen molar-refractivity contribution in [2.75, 3.05) is 7.11 Å². The van der Waals surface area contributed by atoms with Crippen molar-refractivity contribution in [1.29, 1.82) is 0 Å². The van der Waals surface area contributed by atoms with E-state index in [1.807, 2.05) is 0 Å². The smallest absolute Gasteiger partial charge is 0.269 e. The molecule has 8 nitrogen and oxygen atoms in total. The van der Waals surface area contributed by atoms with Gasteiger partial charge in [-0.05, 0) is 56.1 Å². The van der Waals surface area contributed by atoms with Crippen LogP contribution in [-0.2, 0) is 10.0 Å². The molecule has 148 valence electrons. The maximum atomic E-state index is 12.5. The molecule has 0 bridgehead atoms. The predicted molar refractivity (Wildman–Crippen MR) is 105 cm³/mol. The van der Waals surface area contributed by atoms with E-state index in [4.69, 9.17) is 17.0 Å². The van der Waals surface area contributed by atoms with Gasteiger partial charge in [-0.15, -0.1) is 0 Å². The molecular weight excluding hydrogens is 388 g/mol. The van der Waals surface area contributed by atoms with Gasteiger partial charge in [-0.25, -0.2) is 13.1 Å². The number of thiocarbonyl (C=S) groups is 1. The van der Waals surface area contributed by atoms with Crippen molar-refractivity contribution in [1.82, 2.24) is 20.9 Å². The molecule has 0 spiro atoms. The normalized spacial score (nSPS) is 17.4. The largest absolute Gasteiger partial charge is 0.495 e. The van der Waals surface area contributed by atoms with Crippen LogP contribution in [-0.4, -0.2) is 38.6 Å². The van der Waals surface area contributed by atoms with Crippen LogP contribution >= 0.6 is 12.2 Å². The molecule has 0 atom stereocenters. The number of carbonyl (C=O) groups excluding carboxylic acids is 1. The minimum absolute atomic E-state index is 0.0436. The summed E-state index contributed by atoms with van der Waals surface area (Å²) in [5.74, 6) is -0.304. The number of hydrazine groups is 1. The second kappa shape index (κ2) is 8.41. The van der Waals surface area contributed by atoms with E-state index in [1.165, 1.54) is 38.2 Å². The second-order valence-corrected chi connectivity index (χ2v) is 8.89. The third-order valence-electron chi connectivity index (χ3n) is 4.59. The summed E-state index contributed by atoms with van der Waals surface area (Å²) < 4.78 is 32.8. The average Bonchev–Trinajstić information content (AvgIpc) is 3.30. The molecule has 27 heavy (non-hydrogen) atoms. The summed E-state index contributed by atoms with van der Waals surface area (Å²) in [5, 5.41) is 3.49. The molecular formula is C17H24N4O4S2. The topological polar surface area (TPSA) is 109 Å². The Morgan fingerprint density at radius 1 is 1.11 bits per heavy atom. The van der Waals surface area contributed by atoms with E-state index in [1.54, 1.807) is 0 Å². The number of sulfonamides is 1. The van der Waals surface area contributed by atoms with Crippen molar-refractivity contribution in [2.24, 2.45) is 0 Å². The van der Waals surface area contributed by atoms with Crippen molar-refractivity contribution in [2.45, 2.75) is 55.5 Å². The highest BCUT2D eigenvalue weighted by Gasteiger charge is 2.30. The van der Waals surface area contributed by atoms with Gasteiger partial charge in [-0.1, -0.05) is 12.8 Å². The third kappa shape index (κ3) is 5.30. The number of carbonyl (C=O) groups is 1. The van der Waals surface area contributed by atoms with E-state index in [0.717, 1.165) is 25.7 Å². The van der Waals surface area contributed by atoms with Crippen LogP contribution in [0.2, 0.25) is 0 Å². The molecule has 2 saturated carbocycles. The number of hydrogen-bond donors (Lipinski definition) is 4. The first kappa shape index (κ1) is 19.8. The molecule has 0 radical (unpaired) electrons. The zero-order valence-corrected chi connectivity index (χ0v) is 16.7. The zero-order valence-electron chi connectivity index (χ0n) is 15.1. The number of methoxy groups -OCH3 is 1. The molecule has 10 heteroatoms. The molecule has 0 heterocycles. The van der Waals surface area contributed by atoms with Crippen LogP contribution in [0.4, 0.5) is 0 Å². The standard InChI is InChI=1S/C17H24N4O4S2/c1-25-14-9-6-11(10-15(14)27(23,24)21-13-7-8-13)16(22)19-20-17(26)18-12-4-2-3-5-12/h6,9-10,12-13,21H,2-5,7-8H2,1H3,(H,19,22)(H2,18,20,26).